The Morgan fingerprint density at radius 2 is 2.00 bits per heavy atom. The fourth-order valence-electron chi connectivity index (χ4n) is 2.20. The molecule has 0 amide bonds. The van der Waals surface area contributed by atoms with E-state index in [1.54, 1.807) is 0 Å². The molecular weight excluding hydrogens is 200 g/mol. The zero-order valence-corrected chi connectivity index (χ0v) is 10.2. The molecule has 2 heterocycles. The number of hydrogen-bond acceptors (Lipinski definition) is 4. The van der Waals surface area contributed by atoms with Crippen LogP contribution in [0.1, 0.15) is 31.2 Å². The second-order valence-corrected chi connectivity index (χ2v) is 4.61. The van der Waals surface area contributed by atoms with Crippen LogP contribution in [0.2, 0.25) is 0 Å². The van der Waals surface area contributed by atoms with Gasteiger partial charge in [-0.05, 0) is 46.2 Å². The molecule has 1 aromatic rings. The molecule has 0 aliphatic carbocycles. The van der Waals surface area contributed by atoms with Crippen molar-refractivity contribution in [2.24, 2.45) is 0 Å². The third-order valence-electron chi connectivity index (χ3n) is 3.06. The molecule has 4 nitrogen and oxygen atoms in total. The largest absolute Gasteiger partial charge is 0.350 e. The molecule has 0 bridgehead atoms. The van der Waals surface area contributed by atoms with Crippen LogP contribution in [0.15, 0.2) is 6.07 Å². The van der Waals surface area contributed by atoms with Gasteiger partial charge in [-0.2, -0.15) is 0 Å². The molecule has 2 N–H and O–H groups in total. The highest BCUT2D eigenvalue weighted by Crippen LogP contribution is 2.13. The van der Waals surface area contributed by atoms with Gasteiger partial charge in [-0.1, -0.05) is 0 Å². The van der Waals surface area contributed by atoms with Gasteiger partial charge in [-0.25, -0.2) is 9.97 Å². The van der Waals surface area contributed by atoms with Gasteiger partial charge in [0.2, 0.25) is 5.95 Å². The lowest BCUT2D eigenvalue weighted by molar-refractivity contribution is 0.388. The molecule has 1 aromatic heterocycles. The van der Waals surface area contributed by atoms with Crippen molar-refractivity contribution in [3.05, 3.63) is 17.5 Å². The molecule has 0 radical (unpaired) electrons. The number of aryl methyl sites for hydroxylation is 2. The number of hydrogen-bond donors (Lipinski definition) is 2. The molecule has 0 unspecified atom stereocenters. The molecular formula is C12H20N4. The number of aromatic nitrogens is 2. The summed E-state index contributed by atoms with van der Waals surface area (Å²) >= 11 is 0. The summed E-state index contributed by atoms with van der Waals surface area (Å²) in [6.07, 6.45) is 2.40. The Balaban J connectivity index is 2.07. The van der Waals surface area contributed by atoms with Gasteiger partial charge in [0.15, 0.2) is 0 Å². The molecule has 88 valence electrons. The van der Waals surface area contributed by atoms with Crippen LogP contribution in [0.5, 0.6) is 0 Å². The van der Waals surface area contributed by atoms with Gasteiger partial charge in [0, 0.05) is 23.5 Å². The van der Waals surface area contributed by atoms with E-state index in [1.165, 1.54) is 12.8 Å². The lowest BCUT2D eigenvalue weighted by Crippen LogP contribution is -2.46. The minimum absolute atomic E-state index is 0.440. The molecule has 4 heteroatoms. The van der Waals surface area contributed by atoms with Gasteiger partial charge in [-0.15, -0.1) is 0 Å². The highest BCUT2D eigenvalue weighted by Gasteiger charge is 2.21. The van der Waals surface area contributed by atoms with Crippen LogP contribution in [-0.2, 0) is 0 Å². The summed E-state index contributed by atoms with van der Waals surface area (Å²) in [5.41, 5.74) is 2.04. The van der Waals surface area contributed by atoms with E-state index in [0.29, 0.717) is 12.1 Å². The number of piperidine rings is 1. The standard InChI is InChI=1S/C12H20N4/c1-8-7-9(2)15-12(14-8)16-11-5-4-6-13-10(11)3/h7,10-11,13H,4-6H2,1-3H3,(H,14,15,16)/t10-,11+/m0/s1. The number of rotatable bonds is 2. The quantitative estimate of drug-likeness (QED) is 0.795. The Morgan fingerprint density at radius 3 is 2.62 bits per heavy atom. The molecule has 0 saturated carbocycles. The van der Waals surface area contributed by atoms with E-state index in [2.05, 4.69) is 27.5 Å². The summed E-state index contributed by atoms with van der Waals surface area (Å²) in [5.74, 6) is 0.762. The van der Waals surface area contributed by atoms with E-state index < -0.39 is 0 Å². The third-order valence-corrected chi connectivity index (χ3v) is 3.06. The van der Waals surface area contributed by atoms with Crippen LogP contribution in [0.4, 0.5) is 5.95 Å². The number of nitrogens with one attached hydrogen (secondary N) is 2. The summed E-state index contributed by atoms with van der Waals surface area (Å²) < 4.78 is 0. The van der Waals surface area contributed by atoms with E-state index in [-0.39, 0.29) is 0 Å². The maximum atomic E-state index is 4.41. The summed E-state index contributed by atoms with van der Waals surface area (Å²) in [6.45, 7) is 7.33. The molecule has 0 spiro atoms. The predicted octanol–water partition coefficient (Wildman–Crippen LogP) is 1.65. The maximum absolute atomic E-state index is 4.41. The average molecular weight is 220 g/mol. The van der Waals surface area contributed by atoms with Gasteiger partial charge in [0.25, 0.3) is 0 Å². The van der Waals surface area contributed by atoms with E-state index >= 15 is 0 Å². The van der Waals surface area contributed by atoms with Gasteiger partial charge in [0.1, 0.15) is 0 Å². The summed E-state index contributed by atoms with van der Waals surface area (Å²) in [5, 5.41) is 6.89. The first kappa shape index (κ1) is 11.3. The smallest absolute Gasteiger partial charge is 0.223 e. The van der Waals surface area contributed by atoms with Gasteiger partial charge in [-0.3, -0.25) is 0 Å². The fraction of sp³-hybridized carbons (Fsp3) is 0.667. The minimum Gasteiger partial charge on any atom is -0.350 e. The molecule has 16 heavy (non-hydrogen) atoms. The monoisotopic (exact) mass is 220 g/mol. The zero-order valence-electron chi connectivity index (χ0n) is 10.2. The normalized spacial score (nSPS) is 25.4. The molecule has 0 aromatic carbocycles. The Morgan fingerprint density at radius 1 is 1.31 bits per heavy atom. The van der Waals surface area contributed by atoms with Crippen molar-refractivity contribution in [2.45, 2.75) is 45.7 Å². The first-order valence-electron chi connectivity index (χ1n) is 5.97. The van der Waals surface area contributed by atoms with E-state index in [0.717, 1.165) is 23.9 Å². The summed E-state index contributed by atoms with van der Waals surface area (Å²) in [7, 11) is 0. The van der Waals surface area contributed by atoms with Crippen LogP contribution in [-0.4, -0.2) is 28.6 Å². The molecule has 1 saturated heterocycles. The molecule has 1 aliphatic rings. The predicted molar refractivity (Wildman–Crippen MR) is 65.6 cm³/mol. The maximum Gasteiger partial charge on any atom is 0.223 e. The van der Waals surface area contributed by atoms with Crippen LogP contribution in [0, 0.1) is 13.8 Å². The number of anilines is 1. The van der Waals surface area contributed by atoms with Gasteiger partial charge in [0.05, 0.1) is 0 Å². The average Bonchev–Trinajstić information content (AvgIpc) is 2.20. The molecule has 2 atom stereocenters. The second kappa shape index (κ2) is 4.78. The van der Waals surface area contributed by atoms with Crippen LogP contribution >= 0.6 is 0 Å². The Labute approximate surface area is 96.9 Å². The Kier molecular flexibility index (Phi) is 3.39. The van der Waals surface area contributed by atoms with Gasteiger partial charge >= 0.3 is 0 Å². The summed E-state index contributed by atoms with van der Waals surface area (Å²) in [6, 6.07) is 2.92. The van der Waals surface area contributed by atoms with Crippen molar-refractivity contribution in [3.63, 3.8) is 0 Å². The van der Waals surface area contributed by atoms with Crippen LogP contribution < -0.4 is 10.6 Å². The van der Waals surface area contributed by atoms with Gasteiger partial charge < -0.3 is 10.6 Å². The van der Waals surface area contributed by atoms with Crippen molar-refractivity contribution in [3.8, 4) is 0 Å². The van der Waals surface area contributed by atoms with Crippen LogP contribution in [0.25, 0.3) is 0 Å². The van der Waals surface area contributed by atoms with E-state index in [4.69, 9.17) is 0 Å². The Hall–Kier alpha value is -1.16. The molecule has 1 fully saturated rings. The highest BCUT2D eigenvalue weighted by molar-refractivity contribution is 5.29. The van der Waals surface area contributed by atoms with Crippen molar-refractivity contribution >= 4 is 5.95 Å². The highest BCUT2D eigenvalue weighted by atomic mass is 15.1. The SMILES string of the molecule is Cc1cc(C)nc(N[C@@H]2CCCN[C@H]2C)n1. The van der Waals surface area contributed by atoms with E-state index in [9.17, 15) is 0 Å². The van der Waals surface area contributed by atoms with Crippen molar-refractivity contribution in [1.29, 1.82) is 0 Å². The first-order chi connectivity index (χ1) is 7.65. The molecule has 1 aliphatic heterocycles. The lowest BCUT2D eigenvalue weighted by atomic mass is 10.0. The van der Waals surface area contributed by atoms with Crippen molar-refractivity contribution in [1.82, 2.24) is 15.3 Å². The van der Waals surface area contributed by atoms with E-state index in [1.807, 2.05) is 19.9 Å². The minimum atomic E-state index is 0.440. The summed E-state index contributed by atoms with van der Waals surface area (Å²) in [4.78, 5) is 8.83. The fourth-order valence-corrected chi connectivity index (χ4v) is 2.20. The lowest BCUT2D eigenvalue weighted by Gasteiger charge is -2.30. The van der Waals surface area contributed by atoms with Crippen LogP contribution in [0.3, 0.4) is 0 Å². The third kappa shape index (κ3) is 2.70. The molecule has 2 rings (SSSR count). The topological polar surface area (TPSA) is 49.8 Å². The van der Waals surface area contributed by atoms with Crippen molar-refractivity contribution in [2.75, 3.05) is 11.9 Å². The second-order valence-electron chi connectivity index (χ2n) is 4.61. The number of nitrogens with zero attached hydrogens (tertiary/aromatic N) is 2. The Bertz CT molecular complexity index is 344. The zero-order chi connectivity index (χ0) is 11.5. The first-order valence-corrected chi connectivity index (χ1v) is 5.97. The van der Waals surface area contributed by atoms with Crippen molar-refractivity contribution < 1.29 is 0 Å².